The third-order valence-corrected chi connectivity index (χ3v) is 5.56. The Kier molecular flexibility index (Phi) is 4.58. The number of rotatable bonds is 5. The molecule has 0 atom stereocenters. The first-order chi connectivity index (χ1) is 13.0. The summed E-state index contributed by atoms with van der Waals surface area (Å²) in [6.07, 6.45) is 8.94. The minimum atomic E-state index is -4.04. The van der Waals surface area contributed by atoms with Crippen LogP contribution in [0.3, 0.4) is 0 Å². The van der Waals surface area contributed by atoms with Gasteiger partial charge in [-0.1, -0.05) is 0 Å². The van der Waals surface area contributed by atoms with Crippen molar-refractivity contribution in [3.8, 4) is 11.4 Å². The van der Waals surface area contributed by atoms with Gasteiger partial charge in [0.15, 0.2) is 5.03 Å². The van der Waals surface area contributed by atoms with Crippen molar-refractivity contribution in [3.05, 3.63) is 31.0 Å². The molecule has 0 radical (unpaired) electrons. The highest BCUT2D eigenvalue weighted by Gasteiger charge is 2.28. The number of hydrogen-bond donors (Lipinski definition) is 2. The summed E-state index contributed by atoms with van der Waals surface area (Å²) in [5, 5.41) is 18.9. The Morgan fingerprint density at radius 2 is 2.07 bits per heavy atom. The lowest BCUT2D eigenvalue weighted by atomic mass is 9.96. The number of piperidine rings is 1. The van der Waals surface area contributed by atoms with Gasteiger partial charge in [0.2, 0.25) is 5.82 Å². The molecule has 1 aliphatic heterocycles. The average molecular weight is 389 g/mol. The smallest absolute Gasteiger partial charge is 0.256 e. The van der Waals surface area contributed by atoms with Crippen molar-refractivity contribution in [1.29, 1.82) is 0 Å². The molecule has 0 amide bonds. The molecule has 3 aromatic rings. The normalized spacial score (nSPS) is 16.0. The monoisotopic (exact) mass is 389 g/mol. The lowest BCUT2D eigenvalue weighted by Gasteiger charge is -2.34. The molecule has 11 nitrogen and oxygen atoms in total. The molecule has 0 unspecified atom stereocenters. The summed E-state index contributed by atoms with van der Waals surface area (Å²) in [6, 6.07) is 1.76. The van der Waals surface area contributed by atoms with Crippen LogP contribution in [0.5, 0.6) is 0 Å². The van der Waals surface area contributed by atoms with E-state index in [1.807, 2.05) is 12.5 Å². The summed E-state index contributed by atoms with van der Waals surface area (Å²) in [4.78, 5) is 10.1. The van der Waals surface area contributed by atoms with Gasteiger partial charge < -0.3 is 9.47 Å². The molecule has 0 aliphatic carbocycles. The molecule has 142 valence electrons. The second-order valence-corrected chi connectivity index (χ2v) is 7.96. The highest BCUT2D eigenvalue weighted by atomic mass is 32.2. The largest absolute Gasteiger partial charge is 0.371 e. The number of nitrogens with two attached hydrogens (primary N) is 1. The van der Waals surface area contributed by atoms with E-state index in [9.17, 15) is 8.42 Å². The van der Waals surface area contributed by atoms with Crippen LogP contribution in [0, 0.1) is 5.92 Å². The number of nitrogens with zero attached hydrogens (tertiary/aromatic N) is 7. The minimum absolute atomic E-state index is 0.155. The zero-order chi connectivity index (χ0) is 18.9. The molecule has 0 spiro atoms. The van der Waals surface area contributed by atoms with Crippen molar-refractivity contribution in [2.45, 2.75) is 24.4 Å². The Morgan fingerprint density at radius 1 is 1.26 bits per heavy atom. The maximum Gasteiger partial charge on any atom is 0.256 e. The zero-order valence-electron chi connectivity index (χ0n) is 14.4. The SMILES string of the molecule is NS(=O)(=O)c1nccc(N2CCC(Cn3ccnc3)CC2)c1-c1nn[nH]n1. The van der Waals surface area contributed by atoms with Crippen molar-refractivity contribution in [3.63, 3.8) is 0 Å². The topological polar surface area (TPSA) is 149 Å². The third-order valence-electron chi connectivity index (χ3n) is 4.72. The van der Waals surface area contributed by atoms with Gasteiger partial charge >= 0.3 is 0 Å². The molecule has 1 aliphatic rings. The van der Waals surface area contributed by atoms with Gasteiger partial charge in [0.05, 0.1) is 17.6 Å². The number of aromatic nitrogens is 7. The van der Waals surface area contributed by atoms with Gasteiger partial charge in [-0.25, -0.2) is 23.5 Å². The van der Waals surface area contributed by atoms with Gasteiger partial charge in [0.1, 0.15) is 0 Å². The summed E-state index contributed by atoms with van der Waals surface area (Å²) >= 11 is 0. The van der Waals surface area contributed by atoms with E-state index in [4.69, 9.17) is 5.14 Å². The Labute approximate surface area is 155 Å². The van der Waals surface area contributed by atoms with Crippen molar-refractivity contribution in [2.75, 3.05) is 18.0 Å². The van der Waals surface area contributed by atoms with Gasteiger partial charge in [-0.3, -0.25) is 0 Å². The minimum Gasteiger partial charge on any atom is -0.371 e. The number of aromatic amines is 1. The average Bonchev–Trinajstić information content (AvgIpc) is 3.35. The highest BCUT2D eigenvalue weighted by molar-refractivity contribution is 7.89. The van der Waals surface area contributed by atoms with Gasteiger partial charge in [0, 0.05) is 38.2 Å². The number of sulfonamides is 1. The molecule has 3 N–H and O–H groups in total. The number of H-pyrrole nitrogens is 1. The number of pyridine rings is 1. The van der Waals surface area contributed by atoms with Gasteiger partial charge in [-0.15, -0.1) is 10.2 Å². The summed E-state index contributed by atoms with van der Waals surface area (Å²) in [5.74, 6) is 0.686. The predicted octanol–water partition coefficient (Wildman–Crippen LogP) is 0.0222. The predicted molar refractivity (Wildman–Crippen MR) is 95.9 cm³/mol. The molecule has 1 saturated heterocycles. The fraction of sp³-hybridized carbons (Fsp3) is 0.400. The molecule has 0 bridgehead atoms. The second-order valence-electron chi connectivity index (χ2n) is 6.48. The quantitative estimate of drug-likeness (QED) is 0.620. The zero-order valence-corrected chi connectivity index (χ0v) is 15.2. The Bertz CT molecular complexity index is 994. The Hall–Kier alpha value is -2.86. The van der Waals surface area contributed by atoms with E-state index in [0.29, 0.717) is 11.6 Å². The van der Waals surface area contributed by atoms with Crippen LogP contribution in [-0.2, 0) is 16.6 Å². The highest BCUT2D eigenvalue weighted by Crippen LogP contribution is 2.34. The Balaban J connectivity index is 1.61. The molecule has 3 aromatic heterocycles. The number of nitrogens with one attached hydrogen (secondary N) is 1. The van der Waals surface area contributed by atoms with E-state index in [0.717, 1.165) is 32.5 Å². The van der Waals surface area contributed by atoms with Crippen molar-refractivity contribution >= 4 is 15.7 Å². The first kappa shape index (κ1) is 17.5. The standard InChI is InChI=1S/C15H19N9O2S/c16-27(25,26)15-13(14-19-21-22-20-14)12(1-4-18-15)24-6-2-11(3-7-24)9-23-8-5-17-10-23/h1,4-5,8,10-11H,2-3,6-7,9H2,(H2,16,25,26)(H,19,20,21,22). The fourth-order valence-electron chi connectivity index (χ4n) is 3.44. The molecule has 4 rings (SSSR count). The molecular weight excluding hydrogens is 370 g/mol. The fourth-order valence-corrected chi connectivity index (χ4v) is 4.13. The van der Waals surface area contributed by atoms with Crippen molar-refractivity contribution in [2.24, 2.45) is 11.1 Å². The van der Waals surface area contributed by atoms with E-state index in [1.165, 1.54) is 6.20 Å². The van der Waals surface area contributed by atoms with E-state index in [2.05, 4.69) is 40.1 Å². The Morgan fingerprint density at radius 3 is 2.70 bits per heavy atom. The molecule has 1 fully saturated rings. The maximum absolute atomic E-state index is 12.0. The molecular formula is C15H19N9O2S. The van der Waals surface area contributed by atoms with Crippen molar-refractivity contribution in [1.82, 2.24) is 35.2 Å². The first-order valence-corrected chi connectivity index (χ1v) is 10.0. The van der Waals surface area contributed by atoms with Crippen LogP contribution in [0.2, 0.25) is 0 Å². The number of anilines is 1. The summed E-state index contributed by atoms with van der Waals surface area (Å²) in [6.45, 7) is 2.47. The third kappa shape index (κ3) is 3.66. The van der Waals surface area contributed by atoms with Crippen LogP contribution in [-0.4, -0.2) is 56.7 Å². The van der Waals surface area contributed by atoms with Crippen LogP contribution < -0.4 is 10.0 Å². The lowest BCUT2D eigenvalue weighted by Crippen LogP contribution is -2.35. The number of imidazole rings is 1. The van der Waals surface area contributed by atoms with Gasteiger partial charge in [0.25, 0.3) is 10.0 Å². The van der Waals surface area contributed by atoms with Crippen LogP contribution in [0.4, 0.5) is 5.69 Å². The second kappa shape index (κ2) is 7.04. The summed E-state index contributed by atoms with van der Waals surface area (Å²) in [5.41, 5.74) is 0.971. The first-order valence-electron chi connectivity index (χ1n) is 8.48. The van der Waals surface area contributed by atoms with Crippen LogP contribution >= 0.6 is 0 Å². The number of tetrazole rings is 1. The molecule has 0 saturated carbocycles. The van der Waals surface area contributed by atoms with Crippen molar-refractivity contribution < 1.29 is 8.42 Å². The van der Waals surface area contributed by atoms with E-state index in [1.54, 1.807) is 12.3 Å². The van der Waals surface area contributed by atoms with Gasteiger partial charge in [-0.2, -0.15) is 5.21 Å². The number of hydrogen-bond acceptors (Lipinski definition) is 8. The molecule has 4 heterocycles. The number of primary sulfonamides is 1. The molecule has 27 heavy (non-hydrogen) atoms. The molecule has 0 aromatic carbocycles. The van der Waals surface area contributed by atoms with E-state index >= 15 is 0 Å². The lowest BCUT2D eigenvalue weighted by molar-refractivity contribution is 0.357. The summed E-state index contributed by atoms with van der Waals surface area (Å²) in [7, 11) is -4.04. The van der Waals surface area contributed by atoms with Gasteiger partial charge in [-0.05, 0) is 30.0 Å². The van der Waals surface area contributed by atoms with Crippen LogP contribution in [0.1, 0.15) is 12.8 Å². The maximum atomic E-state index is 12.0. The van der Waals surface area contributed by atoms with Crippen LogP contribution in [0.15, 0.2) is 36.0 Å². The summed E-state index contributed by atoms with van der Waals surface area (Å²) < 4.78 is 26.1. The van der Waals surface area contributed by atoms with Crippen LogP contribution in [0.25, 0.3) is 11.4 Å². The van der Waals surface area contributed by atoms with E-state index in [-0.39, 0.29) is 16.4 Å². The van der Waals surface area contributed by atoms with E-state index < -0.39 is 10.0 Å². The molecule has 12 heteroatoms.